The summed E-state index contributed by atoms with van der Waals surface area (Å²) < 4.78 is 23.0. The number of aryl methyl sites for hydroxylation is 2. The molecule has 6 heteroatoms. The summed E-state index contributed by atoms with van der Waals surface area (Å²) in [6, 6.07) is 1.25. The van der Waals surface area contributed by atoms with Crippen LogP contribution in [0.3, 0.4) is 0 Å². The first-order valence-electron chi connectivity index (χ1n) is 3.44. The van der Waals surface area contributed by atoms with E-state index in [0.717, 1.165) is 0 Å². The van der Waals surface area contributed by atoms with Crippen LogP contribution in [0.1, 0.15) is 5.56 Å². The SMILES string of the molecule is Cc1cc(S(=O)(=O)Cl)cn(C)c1=O. The Balaban J connectivity index is 3.56. The minimum Gasteiger partial charge on any atom is -0.317 e. The molecule has 72 valence electrons. The van der Waals surface area contributed by atoms with Gasteiger partial charge in [0.05, 0.1) is 4.90 Å². The maximum atomic E-state index is 11.2. The van der Waals surface area contributed by atoms with Crippen LogP contribution in [0.5, 0.6) is 0 Å². The van der Waals surface area contributed by atoms with Gasteiger partial charge in [0.1, 0.15) is 0 Å². The lowest BCUT2D eigenvalue weighted by atomic mass is 10.3. The highest BCUT2D eigenvalue weighted by Crippen LogP contribution is 2.13. The highest BCUT2D eigenvalue weighted by Gasteiger charge is 2.12. The number of hydrogen-bond acceptors (Lipinski definition) is 3. The largest absolute Gasteiger partial charge is 0.317 e. The van der Waals surface area contributed by atoms with Gasteiger partial charge in [-0.2, -0.15) is 0 Å². The number of pyridine rings is 1. The summed E-state index contributed by atoms with van der Waals surface area (Å²) in [4.78, 5) is 11.1. The molecule has 4 nitrogen and oxygen atoms in total. The molecule has 0 N–H and O–H groups in total. The van der Waals surface area contributed by atoms with Crippen LogP contribution in [-0.4, -0.2) is 13.0 Å². The summed E-state index contributed by atoms with van der Waals surface area (Å²) >= 11 is 0. The molecule has 0 aliphatic carbocycles. The fourth-order valence-corrected chi connectivity index (χ4v) is 1.83. The van der Waals surface area contributed by atoms with E-state index in [1.807, 2.05) is 0 Å². The van der Waals surface area contributed by atoms with E-state index in [-0.39, 0.29) is 10.5 Å². The van der Waals surface area contributed by atoms with Crippen LogP contribution < -0.4 is 5.56 Å². The molecule has 0 aliphatic heterocycles. The van der Waals surface area contributed by atoms with Gasteiger partial charge in [0.25, 0.3) is 14.6 Å². The van der Waals surface area contributed by atoms with Gasteiger partial charge in [-0.05, 0) is 13.0 Å². The molecule has 1 aromatic heterocycles. The summed E-state index contributed by atoms with van der Waals surface area (Å²) in [6.45, 7) is 1.54. The van der Waals surface area contributed by atoms with Crippen molar-refractivity contribution < 1.29 is 8.42 Å². The molecule has 0 bridgehead atoms. The van der Waals surface area contributed by atoms with E-state index < -0.39 is 9.05 Å². The van der Waals surface area contributed by atoms with Crippen molar-refractivity contribution in [1.82, 2.24) is 4.57 Å². The van der Waals surface area contributed by atoms with Crippen molar-refractivity contribution in [3.63, 3.8) is 0 Å². The van der Waals surface area contributed by atoms with Gasteiger partial charge in [-0.15, -0.1) is 0 Å². The van der Waals surface area contributed by atoms with Crippen LogP contribution in [0, 0.1) is 6.92 Å². The van der Waals surface area contributed by atoms with Gasteiger partial charge in [0.2, 0.25) is 0 Å². The molecule has 0 aliphatic rings. The van der Waals surface area contributed by atoms with Gasteiger partial charge < -0.3 is 4.57 Å². The molecule has 1 aromatic rings. The summed E-state index contributed by atoms with van der Waals surface area (Å²) in [6.07, 6.45) is 1.19. The second-order valence-electron chi connectivity index (χ2n) is 2.71. The van der Waals surface area contributed by atoms with Crippen molar-refractivity contribution in [3.8, 4) is 0 Å². The summed E-state index contributed by atoms with van der Waals surface area (Å²) in [5.41, 5.74) is 0.119. The van der Waals surface area contributed by atoms with Crippen LogP contribution in [-0.2, 0) is 16.1 Å². The lowest BCUT2D eigenvalue weighted by molar-refractivity contribution is 0.607. The first-order chi connectivity index (χ1) is 5.82. The van der Waals surface area contributed by atoms with Gasteiger partial charge >= 0.3 is 0 Å². The molecule has 1 heterocycles. The third-order valence-electron chi connectivity index (χ3n) is 1.62. The highest BCUT2D eigenvalue weighted by molar-refractivity contribution is 8.13. The Bertz CT molecular complexity index is 463. The van der Waals surface area contributed by atoms with Crippen LogP contribution in [0.25, 0.3) is 0 Å². The molecule has 0 unspecified atom stereocenters. The predicted octanol–water partition coefficient (Wildman–Crippen LogP) is 0.621. The normalized spacial score (nSPS) is 11.6. The Hall–Kier alpha value is -0.810. The molecule has 0 spiro atoms. The van der Waals surface area contributed by atoms with E-state index in [9.17, 15) is 13.2 Å². The maximum Gasteiger partial charge on any atom is 0.262 e. The number of halogens is 1. The fourth-order valence-electron chi connectivity index (χ4n) is 0.973. The maximum absolute atomic E-state index is 11.2. The van der Waals surface area contributed by atoms with Gasteiger partial charge in [-0.1, -0.05) is 0 Å². The molecule has 0 saturated heterocycles. The summed E-state index contributed by atoms with van der Waals surface area (Å²) in [5.74, 6) is 0. The van der Waals surface area contributed by atoms with E-state index in [4.69, 9.17) is 10.7 Å². The van der Waals surface area contributed by atoms with Crippen LogP contribution in [0.4, 0.5) is 0 Å². The monoisotopic (exact) mass is 221 g/mol. The molecule has 0 atom stereocenters. The van der Waals surface area contributed by atoms with Crippen molar-refractivity contribution in [2.45, 2.75) is 11.8 Å². The fraction of sp³-hybridized carbons (Fsp3) is 0.286. The molecule has 13 heavy (non-hydrogen) atoms. The molecular formula is C7H8ClNO3S. The quantitative estimate of drug-likeness (QED) is 0.654. The predicted molar refractivity (Wildman–Crippen MR) is 49.5 cm³/mol. The number of hydrogen-bond donors (Lipinski definition) is 0. The van der Waals surface area contributed by atoms with Gasteiger partial charge in [-0.25, -0.2) is 8.42 Å². The van der Waals surface area contributed by atoms with Crippen molar-refractivity contribution >= 4 is 19.7 Å². The molecule has 0 radical (unpaired) electrons. The summed E-state index contributed by atoms with van der Waals surface area (Å²) in [7, 11) is 2.83. The zero-order valence-electron chi connectivity index (χ0n) is 7.11. The van der Waals surface area contributed by atoms with E-state index in [2.05, 4.69) is 0 Å². The number of aromatic nitrogens is 1. The molecular weight excluding hydrogens is 214 g/mol. The second-order valence-corrected chi connectivity index (χ2v) is 5.28. The smallest absolute Gasteiger partial charge is 0.262 e. The van der Waals surface area contributed by atoms with Gasteiger partial charge in [0, 0.05) is 29.5 Å². The molecule has 0 fully saturated rings. The molecule has 0 saturated carbocycles. The van der Waals surface area contributed by atoms with Crippen LogP contribution >= 0.6 is 10.7 Å². The Kier molecular flexibility index (Phi) is 2.49. The molecule has 1 rings (SSSR count). The van der Waals surface area contributed by atoms with Crippen LogP contribution in [0.15, 0.2) is 22.0 Å². The topological polar surface area (TPSA) is 56.1 Å². The summed E-state index contributed by atoms with van der Waals surface area (Å²) in [5, 5.41) is 0. The first kappa shape index (κ1) is 10.3. The van der Waals surface area contributed by atoms with Crippen molar-refractivity contribution in [3.05, 3.63) is 28.2 Å². The zero-order valence-corrected chi connectivity index (χ0v) is 8.69. The number of nitrogens with zero attached hydrogens (tertiary/aromatic N) is 1. The highest BCUT2D eigenvalue weighted by atomic mass is 35.7. The Morgan fingerprint density at radius 3 is 2.38 bits per heavy atom. The minimum absolute atomic E-state index is 0.0613. The standard InChI is InChI=1S/C7H8ClNO3S/c1-5-3-6(13(8,11)12)4-9(2)7(5)10/h3-4H,1-2H3. The average molecular weight is 222 g/mol. The lowest BCUT2D eigenvalue weighted by Gasteiger charge is -2.01. The lowest BCUT2D eigenvalue weighted by Crippen LogP contribution is -2.19. The van der Waals surface area contributed by atoms with Gasteiger partial charge in [-0.3, -0.25) is 4.79 Å². The third-order valence-corrected chi connectivity index (χ3v) is 2.94. The molecule has 0 aromatic carbocycles. The molecule has 0 amide bonds. The second kappa shape index (κ2) is 3.16. The minimum atomic E-state index is -3.75. The van der Waals surface area contributed by atoms with E-state index in [0.29, 0.717) is 5.56 Å². The number of rotatable bonds is 1. The van der Waals surface area contributed by atoms with Crippen molar-refractivity contribution in [2.75, 3.05) is 0 Å². The van der Waals surface area contributed by atoms with Crippen molar-refractivity contribution in [1.29, 1.82) is 0 Å². The Labute approximate surface area is 80.2 Å². The third kappa shape index (κ3) is 2.10. The van der Waals surface area contributed by atoms with Gasteiger partial charge in [0.15, 0.2) is 0 Å². The van der Waals surface area contributed by atoms with E-state index in [1.54, 1.807) is 0 Å². The van der Waals surface area contributed by atoms with E-state index in [1.165, 1.54) is 30.8 Å². The Morgan fingerprint density at radius 2 is 2.00 bits per heavy atom. The zero-order chi connectivity index (χ0) is 10.2. The first-order valence-corrected chi connectivity index (χ1v) is 5.75. The van der Waals surface area contributed by atoms with Crippen LogP contribution in [0.2, 0.25) is 0 Å². The average Bonchev–Trinajstić information content (AvgIpc) is 1.97. The van der Waals surface area contributed by atoms with Crippen molar-refractivity contribution in [2.24, 2.45) is 7.05 Å². The van der Waals surface area contributed by atoms with E-state index >= 15 is 0 Å². The Morgan fingerprint density at radius 1 is 1.46 bits per heavy atom.